The highest BCUT2D eigenvalue weighted by atomic mass is 32.1. The molecule has 1 aromatic rings. The Labute approximate surface area is 62.9 Å². The van der Waals surface area contributed by atoms with Crippen LogP contribution in [0, 0.1) is 0 Å². The van der Waals surface area contributed by atoms with Crippen LogP contribution in [0.1, 0.15) is 0 Å². The number of anilines is 1. The number of hydrogen-bond donors (Lipinski definition) is 1. The molecule has 0 aliphatic carbocycles. The van der Waals surface area contributed by atoms with Crippen molar-refractivity contribution >= 4 is 34.9 Å². The quantitative estimate of drug-likeness (QED) is 0.695. The lowest BCUT2D eigenvalue weighted by molar-refractivity contribution is 1.32. The molecule has 0 fully saturated rings. The second-order valence-electron chi connectivity index (χ2n) is 1.51. The third kappa shape index (κ3) is 2.57. The van der Waals surface area contributed by atoms with Gasteiger partial charge in [-0.1, -0.05) is 0 Å². The summed E-state index contributed by atoms with van der Waals surface area (Å²) in [6.45, 7) is 0. The molecule has 2 atom stereocenters. The summed E-state index contributed by atoms with van der Waals surface area (Å²) in [5.74, 6) is 0. The third-order valence-electron chi connectivity index (χ3n) is 0.722. The SMILES string of the molecule is PC(P)Nc1nccs1. The van der Waals surface area contributed by atoms with E-state index in [4.69, 9.17) is 0 Å². The normalized spacial score (nSPS) is 10.1. The van der Waals surface area contributed by atoms with Crippen LogP contribution in [-0.4, -0.2) is 10.5 Å². The van der Waals surface area contributed by atoms with Crippen molar-refractivity contribution in [3.8, 4) is 0 Å². The van der Waals surface area contributed by atoms with Crippen LogP contribution >= 0.6 is 29.8 Å². The summed E-state index contributed by atoms with van der Waals surface area (Å²) in [4.78, 5) is 4.04. The summed E-state index contributed by atoms with van der Waals surface area (Å²) in [6, 6.07) is 0. The van der Waals surface area contributed by atoms with Crippen LogP contribution in [0.2, 0.25) is 0 Å². The first-order valence-electron chi connectivity index (χ1n) is 2.46. The fourth-order valence-corrected chi connectivity index (χ4v) is 1.57. The highest BCUT2D eigenvalue weighted by Gasteiger charge is 1.94. The first-order valence-corrected chi connectivity index (χ1v) is 4.67. The van der Waals surface area contributed by atoms with Crippen molar-refractivity contribution in [1.82, 2.24) is 4.98 Å². The van der Waals surface area contributed by atoms with Crippen molar-refractivity contribution in [2.75, 3.05) is 5.32 Å². The van der Waals surface area contributed by atoms with Gasteiger partial charge < -0.3 is 5.32 Å². The maximum Gasteiger partial charge on any atom is 0.183 e. The summed E-state index contributed by atoms with van der Waals surface area (Å²) in [6.07, 6.45) is 1.78. The Balaban J connectivity index is 2.48. The molecule has 0 aliphatic rings. The first-order chi connectivity index (χ1) is 4.29. The largest absolute Gasteiger partial charge is 0.352 e. The minimum Gasteiger partial charge on any atom is -0.352 e. The molecular formula is C4H8N2P2S. The van der Waals surface area contributed by atoms with E-state index < -0.39 is 0 Å². The molecule has 0 radical (unpaired) electrons. The van der Waals surface area contributed by atoms with Gasteiger partial charge in [0.05, 0.1) is 5.52 Å². The molecule has 1 heterocycles. The molecule has 1 rings (SSSR count). The number of thiazole rings is 1. The van der Waals surface area contributed by atoms with Crippen molar-refractivity contribution < 1.29 is 0 Å². The minimum absolute atomic E-state index is 0.316. The van der Waals surface area contributed by atoms with Crippen molar-refractivity contribution in [3.05, 3.63) is 11.6 Å². The van der Waals surface area contributed by atoms with Gasteiger partial charge in [0.1, 0.15) is 0 Å². The Bertz CT molecular complexity index is 163. The number of hydrogen-bond acceptors (Lipinski definition) is 3. The summed E-state index contributed by atoms with van der Waals surface area (Å²) >= 11 is 1.60. The predicted octanol–water partition coefficient (Wildman–Crippen LogP) is 1.59. The van der Waals surface area contributed by atoms with Crippen LogP contribution in [0.15, 0.2) is 11.6 Å². The third-order valence-corrected chi connectivity index (χ3v) is 1.76. The molecule has 0 saturated carbocycles. The fraction of sp³-hybridized carbons (Fsp3) is 0.250. The average Bonchev–Trinajstić information content (AvgIpc) is 2.15. The van der Waals surface area contributed by atoms with Gasteiger partial charge in [0.25, 0.3) is 0 Å². The van der Waals surface area contributed by atoms with Gasteiger partial charge >= 0.3 is 0 Å². The van der Waals surface area contributed by atoms with Gasteiger partial charge in [-0.3, -0.25) is 0 Å². The summed E-state index contributed by atoms with van der Waals surface area (Å²) < 4.78 is 0. The van der Waals surface area contributed by atoms with E-state index in [9.17, 15) is 0 Å². The Morgan fingerprint density at radius 3 is 2.89 bits per heavy atom. The molecule has 0 aromatic carbocycles. The Hall–Kier alpha value is 0.290. The van der Waals surface area contributed by atoms with Gasteiger partial charge in [-0.25, -0.2) is 4.98 Å². The first kappa shape index (κ1) is 7.40. The van der Waals surface area contributed by atoms with Crippen molar-refractivity contribution in [1.29, 1.82) is 0 Å². The van der Waals surface area contributed by atoms with Gasteiger partial charge in [0.15, 0.2) is 5.13 Å². The second-order valence-corrected chi connectivity index (χ2v) is 4.61. The number of nitrogens with one attached hydrogen (secondary N) is 1. The van der Waals surface area contributed by atoms with Crippen LogP contribution in [0.5, 0.6) is 0 Å². The van der Waals surface area contributed by atoms with E-state index in [1.54, 1.807) is 17.5 Å². The monoisotopic (exact) mass is 178 g/mol. The predicted molar refractivity (Wildman–Crippen MR) is 48.9 cm³/mol. The molecule has 1 N–H and O–H groups in total. The highest BCUT2D eigenvalue weighted by molar-refractivity contribution is 7.38. The van der Waals surface area contributed by atoms with E-state index in [1.807, 2.05) is 5.38 Å². The summed E-state index contributed by atoms with van der Waals surface area (Å²) in [7, 11) is 5.24. The molecule has 0 saturated heterocycles. The molecule has 0 aliphatic heterocycles. The molecule has 5 heteroatoms. The van der Waals surface area contributed by atoms with Gasteiger partial charge in [0, 0.05) is 11.6 Å². The van der Waals surface area contributed by atoms with Crippen LogP contribution in [0.4, 0.5) is 5.13 Å². The highest BCUT2D eigenvalue weighted by Crippen LogP contribution is 2.16. The van der Waals surface area contributed by atoms with E-state index in [2.05, 4.69) is 28.8 Å². The molecule has 0 amide bonds. The van der Waals surface area contributed by atoms with Crippen LogP contribution in [0.25, 0.3) is 0 Å². The maximum absolute atomic E-state index is 4.04. The number of rotatable bonds is 2. The van der Waals surface area contributed by atoms with Gasteiger partial charge in [-0.05, 0) is 0 Å². The Morgan fingerprint density at radius 2 is 2.44 bits per heavy atom. The number of nitrogens with zero attached hydrogens (tertiary/aromatic N) is 1. The van der Waals surface area contributed by atoms with E-state index in [-0.39, 0.29) is 0 Å². The van der Waals surface area contributed by atoms with Crippen LogP contribution < -0.4 is 5.32 Å². The lowest BCUT2D eigenvalue weighted by Crippen LogP contribution is -2.00. The van der Waals surface area contributed by atoms with Crippen LogP contribution in [0.3, 0.4) is 0 Å². The summed E-state index contributed by atoms with van der Waals surface area (Å²) in [5, 5.41) is 6.03. The van der Waals surface area contributed by atoms with E-state index >= 15 is 0 Å². The molecule has 9 heavy (non-hydrogen) atoms. The molecule has 0 spiro atoms. The molecule has 0 bridgehead atoms. The van der Waals surface area contributed by atoms with E-state index in [1.165, 1.54) is 0 Å². The topological polar surface area (TPSA) is 24.9 Å². The van der Waals surface area contributed by atoms with Crippen molar-refractivity contribution in [2.24, 2.45) is 0 Å². The zero-order valence-corrected chi connectivity index (χ0v) is 7.87. The van der Waals surface area contributed by atoms with E-state index in [0.29, 0.717) is 5.52 Å². The zero-order valence-electron chi connectivity index (χ0n) is 4.74. The minimum atomic E-state index is 0.316. The zero-order chi connectivity index (χ0) is 6.69. The van der Waals surface area contributed by atoms with Gasteiger partial charge in [-0.2, -0.15) is 0 Å². The number of aromatic nitrogens is 1. The summed E-state index contributed by atoms with van der Waals surface area (Å²) in [5.41, 5.74) is 0.316. The van der Waals surface area contributed by atoms with Crippen molar-refractivity contribution in [3.63, 3.8) is 0 Å². The second kappa shape index (κ2) is 3.46. The Kier molecular flexibility index (Phi) is 2.84. The van der Waals surface area contributed by atoms with Crippen molar-refractivity contribution in [2.45, 2.75) is 5.52 Å². The molecule has 2 nitrogen and oxygen atoms in total. The molecule has 1 aromatic heterocycles. The molecular weight excluding hydrogens is 170 g/mol. The Morgan fingerprint density at radius 1 is 1.67 bits per heavy atom. The average molecular weight is 178 g/mol. The fourth-order valence-electron chi connectivity index (χ4n) is 0.437. The molecule has 50 valence electrons. The van der Waals surface area contributed by atoms with Gasteiger partial charge in [0.2, 0.25) is 0 Å². The lowest BCUT2D eigenvalue weighted by Gasteiger charge is -2.03. The lowest BCUT2D eigenvalue weighted by atomic mass is 11.0. The molecule has 2 unspecified atom stereocenters. The smallest absolute Gasteiger partial charge is 0.183 e. The maximum atomic E-state index is 4.04. The standard InChI is InChI=1S/C4H8N2P2S/c7-4(8)6-3-5-1-2-9-3/h1-2,4H,7-8H2,(H,5,6). The van der Waals surface area contributed by atoms with Crippen LogP contribution in [-0.2, 0) is 0 Å². The van der Waals surface area contributed by atoms with Gasteiger partial charge in [-0.15, -0.1) is 29.8 Å². The van der Waals surface area contributed by atoms with E-state index in [0.717, 1.165) is 5.13 Å².